The van der Waals surface area contributed by atoms with Gasteiger partial charge >= 0.3 is 0 Å². The van der Waals surface area contributed by atoms with Crippen LogP contribution in [-0.2, 0) is 5.92 Å². The van der Waals surface area contributed by atoms with Crippen LogP contribution in [0.2, 0.25) is 0 Å². The molecule has 1 unspecified atom stereocenters. The van der Waals surface area contributed by atoms with E-state index in [-0.39, 0.29) is 17.5 Å². The van der Waals surface area contributed by atoms with Gasteiger partial charge in [-0.05, 0) is 52.1 Å². The van der Waals surface area contributed by atoms with E-state index in [4.69, 9.17) is 0 Å². The molecule has 0 amide bonds. The Bertz CT molecular complexity index is 1230. The predicted molar refractivity (Wildman–Crippen MR) is 129 cm³/mol. The van der Waals surface area contributed by atoms with Crippen LogP contribution in [0.15, 0.2) is 103 Å². The number of benzene rings is 4. The summed E-state index contributed by atoms with van der Waals surface area (Å²) in [7, 11) is 0. The Morgan fingerprint density at radius 1 is 0.636 bits per heavy atom. The molecule has 0 spiro atoms. The standard InChI is InChI=1S/C30H25F2N/c31-30(32,23-18-16-21(17-19-23)20-8-2-1-3-9-20)29(22-14-15-22)33-28-26-12-6-4-10-24(26)25-11-5-7-13-27(25)28/h1-13,16-19,22,28-29,33H,14-15H2. The molecule has 0 saturated heterocycles. The molecule has 6 rings (SSSR count). The van der Waals surface area contributed by atoms with Gasteiger partial charge in [-0.15, -0.1) is 0 Å². The molecule has 0 heterocycles. The van der Waals surface area contributed by atoms with Crippen molar-refractivity contribution in [2.45, 2.75) is 30.8 Å². The zero-order valence-corrected chi connectivity index (χ0v) is 18.2. The minimum atomic E-state index is -2.97. The Labute approximate surface area is 193 Å². The summed E-state index contributed by atoms with van der Waals surface area (Å²) in [5.41, 5.74) is 6.49. The number of nitrogens with one attached hydrogen (secondary N) is 1. The molecule has 1 fully saturated rings. The third-order valence-electron chi connectivity index (χ3n) is 7.04. The molecule has 0 bridgehead atoms. The van der Waals surface area contributed by atoms with Gasteiger partial charge in [-0.2, -0.15) is 8.78 Å². The SMILES string of the molecule is FC(F)(c1ccc(-c2ccccc2)cc1)C(NC1c2ccccc2-c2ccccc21)C1CC1. The fraction of sp³-hybridized carbons (Fsp3) is 0.200. The highest BCUT2D eigenvalue weighted by atomic mass is 19.3. The van der Waals surface area contributed by atoms with Crippen LogP contribution in [0.5, 0.6) is 0 Å². The van der Waals surface area contributed by atoms with E-state index in [1.165, 1.54) is 0 Å². The molecule has 0 aliphatic heterocycles. The van der Waals surface area contributed by atoms with E-state index < -0.39 is 12.0 Å². The Hall–Kier alpha value is -3.30. The molecule has 1 atom stereocenters. The molecule has 1 N–H and O–H groups in total. The van der Waals surface area contributed by atoms with Gasteiger partial charge in [-0.3, -0.25) is 5.32 Å². The van der Waals surface area contributed by atoms with E-state index in [2.05, 4.69) is 29.6 Å². The fourth-order valence-corrected chi connectivity index (χ4v) is 5.18. The highest BCUT2D eigenvalue weighted by Gasteiger charge is 2.50. The summed E-state index contributed by atoms with van der Waals surface area (Å²) in [6, 6.07) is 31.8. The van der Waals surface area contributed by atoms with Crippen molar-refractivity contribution in [1.82, 2.24) is 5.32 Å². The Balaban J connectivity index is 1.33. The van der Waals surface area contributed by atoms with Crippen LogP contribution in [0.3, 0.4) is 0 Å². The molecule has 0 radical (unpaired) electrons. The van der Waals surface area contributed by atoms with Gasteiger partial charge in [-0.1, -0.05) is 103 Å². The minimum Gasteiger partial charge on any atom is -0.297 e. The average molecular weight is 438 g/mol. The van der Waals surface area contributed by atoms with Crippen molar-refractivity contribution < 1.29 is 8.78 Å². The topological polar surface area (TPSA) is 12.0 Å². The lowest BCUT2D eigenvalue weighted by Gasteiger charge is -2.32. The van der Waals surface area contributed by atoms with Crippen LogP contribution in [0.25, 0.3) is 22.3 Å². The molecular formula is C30H25F2N. The molecule has 2 aliphatic carbocycles. The Morgan fingerprint density at radius 3 is 1.73 bits per heavy atom. The zero-order valence-electron chi connectivity index (χ0n) is 18.2. The highest BCUT2D eigenvalue weighted by Crippen LogP contribution is 2.49. The molecule has 1 nitrogen and oxygen atoms in total. The van der Waals surface area contributed by atoms with E-state index in [1.807, 2.05) is 66.7 Å². The molecule has 4 aromatic carbocycles. The molecule has 0 aromatic heterocycles. The summed E-state index contributed by atoms with van der Waals surface area (Å²) in [6.45, 7) is 0. The molecule has 4 aromatic rings. The second-order valence-electron chi connectivity index (χ2n) is 9.16. The van der Waals surface area contributed by atoms with Gasteiger partial charge in [0.1, 0.15) is 0 Å². The first kappa shape index (κ1) is 20.3. The average Bonchev–Trinajstić information content (AvgIpc) is 3.66. The third kappa shape index (κ3) is 3.57. The lowest BCUT2D eigenvalue weighted by atomic mass is 9.93. The van der Waals surface area contributed by atoms with Crippen molar-refractivity contribution >= 4 is 0 Å². The maximum Gasteiger partial charge on any atom is 0.288 e. The van der Waals surface area contributed by atoms with Crippen LogP contribution in [-0.4, -0.2) is 6.04 Å². The molecule has 1 saturated carbocycles. The predicted octanol–water partition coefficient (Wildman–Crippen LogP) is 7.58. The summed E-state index contributed by atoms with van der Waals surface area (Å²) < 4.78 is 32.0. The van der Waals surface area contributed by atoms with Crippen LogP contribution in [0.1, 0.15) is 35.6 Å². The maximum absolute atomic E-state index is 16.0. The third-order valence-corrected chi connectivity index (χ3v) is 7.04. The number of alkyl halides is 2. The smallest absolute Gasteiger partial charge is 0.288 e. The lowest BCUT2D eigenvalue weighted by molar-refractivity contribution is -0.0532. The second-order valence-corrected chi connectivity index (χ2v) is 9.16. The normalized spacial score (nSPS) is 16.3. The van der Waals surface area contributed by atoms with Crippen molar-refractivity contribution in [3.05, 3.63) is 120 Å². The summed E-state index contributed by atoms with van der Waals surface area (Å²) in [6.07, 6.45) is 1.68. The van der Waals surface area contributed by atoms with E-state index >= 15 is 8.78 Å². The maximum atomic E-state index is 16.0. The summed E-state index contributed by atoms with van der Waals surface area (Å²) in [5, 5.41) is 3.43. The Morgan fingerprint density at radius 2 is 1.15 bits per heavy atom. The first-order chi connectivity index (χ1) is 16.1. The van der Waals surface area contributed by atoms with Gasteiger partial charge in [0, 0.05) is 5.56 Å². The van der Waals surface area contributed by atoms with E-state index in [9.17, 15) is 0 Å². The van der Waals surface area contributed by atoms with Crippen molar-refractivity contribution in [2.24, 2.45) is 5.92 Å². The zero-order chi connectivity index (χ0) is 22.4. The number of rotatable bonds is 6. The van der Waals surface area contributed by atoms with E-state index in [0.717, 1.165) is 46.2 Å². The first-order valence-corrected chi connectivity index (χ1v) is 11.6. The van der Waals surface area contributed by atoms with Crippen LogP contribution >= 0.6 is 0 Å². The van der Waals surface area contributed by atoms with E-state index in [1.54, 1.807) is 12.1 Å². The van der Waals surface area contributed by atoms with E-state index in [0.29, 0.717) is 0 Å². The van der Waals surface area contributed by atoms with Gasteiger partial charge in [0.15, 0.2) is 0 Å². The minimum absolute atomic E-state index is 0.0197. The molecule has 2 aliphatic rings. The van der Waals surface area contributed by atoms with Gasteiger partial charge in [-0.25, -0.2) is 0 Å². The highest BCUT2D eigenvalue weighted by molar-refractivity contribution is 5.78. The number of hydrogen-bond donors (Lipinski definition) is 1. The molecule has 164 valence electrons. The fourth-order valence-electron chi connectivity index (χ4n) is 5.18. The monoisotopic (exact) mass is 437 g/mol. The lowest BCUT2D eigenvalue weighted by Crippen LogP contribution is -2.46. The van der Waals surface area contributed by atoms with Crippen molar-refractivity contribution in [2.75, 3.05) is 0 Å². The van der Waals surface area contributed by atoms with Gasteiger partial charge in [0.05, 0.1) is 12.1 Å². The van der Waals surface area contributed by atoms with Crippen molar-refractivity contribution in [3.63, 3.8) is 0 Å². The molecule has 3 heteroatoms. The van der Waals surface area contributed by atoms with Crippen molar-refractivity contribution in [1.29, 1.82) is 0 Å². The second kappa shape index (κ2) is 7.93. The number of hydrogen-bond acceptors (Lipinski definition) is 1. The largest absolute Gasteiger partial charge is 0.297 e. The van der Waals surface area contributed by atoms with Gasteiger partial charge < -0.3 is 0 Å². The summed E-state index contributed by atoms with van der Waals surface area (Å²) >= 11 is 0. The summed E-state index contributed by atoms with van der Waals surface area (Å²) in [4.78, 5) is 0. The summed E-state index contributed by atoms with van der Waals surface area (Å²) in [5.74, 6) is -2.99. The molecule has 33 heavy (non-hydrogen) atoms. The van der Waals surface area contributed by atoms with Gasteiger partial charge in [0.2, 0.25) is 0 Å². The number of halogens is 2. The van der Waals surface area contributed by atoms with Crippen molar-refractivity contribution in [3.8, 4) is 22.3 Å². The Kier molecular flexibility index (Phi) is 4.88. The first-order valence-electron chi connectivity index (χ1n) is 11.6. The van der Waals surface area contributed by atoms with Crippen LogP contribution < -0.4 is 5.32 Å². The van der Waals surface area contributed by atoms with Gasteiger partial charge in [0.25, 0.3) is 5.92 Å². The number of fused-ring (bicyclic) bond motifs is 3. The molecular weight excluding hydrogens is 412 g/mol. The quantitative estimate of drug-likeness (QED) is 0.328. The van der Waals surface area contributed by atoms with Crippen LogP contribution in [0.4, 0.5) is 8.78 Å². The van der Waals surface area contributed by atoms with Crippen LogP contribution in [0, 0.1) is 5.92 Å².